The van der Waals surface area contributed by atoms with Crippen molar-refractivity contribution in [2.45, 2.75) is 12.2 Å². The molecule has 0 aliphatic rings. The van der Waals surface area contributed by atoms with Crippen LogP contribution >= 0.6 is 0 Å². The maximum absolute atomic E-state index is 11.3. The smallest absolute Gasteiger partial charge is 0.330 e. The molecule has 0 bridgehead atoms. The van der Waals surface area contributed by atoms with E-state index in [1.165, 1.54) is 0 Å². The molecule has 0 aliphatic heterocycles. The SMILES string of the molecule is C=CC(=O)OCC(O)COc1ccc(OCC(CO)OC(=O)C=C)c2ccccc12. The van der Waals surface area contributed by atoms with Gasteiger partial charge < -0.3 is 29.2 Å². The van der Waals surface area contributed by atoms with Gasteiger partial charge >= 0.3 is 11.9 Å². The summed E-state index contributed by atoms with van der Waals surface area (Å²) < 4.78 is 21.2. The summed E-state index contributed by atoms with van der Waals surface area (Å²) in [4.78, 5) is 22.4. The summed E-state index contributed by atoms with van der Waals surface area (Å²) in [5, 5.41) is 20.7. The van der Waals surface area contributed by atoms with Crippen molar-refractivity contribution in [3.63, 3.8) is 0 Å². The van der Waals surface area contributed by atoms with E-state index in [2.05, 4.69) is 13.2 Å². The lowest BCUT2D eigenvalue weighted by Crippen LogP contribution is -2.27. The molecule has 0 saturated heterocycles. The van der Waals surface area contributed by atoms with Crippen LogP contribution in [0.2, 0.25) is 0 Å². The Bertz CT molecular complexity index is 892. The average Bonchev–Trinajstić information content (AvgIpc) is 2.78. The highest BCUT2D eigenvalue weighted by Crippen LogP contribution is 2.33. The molecule has 2 aromatic rings. The molecular weight excluding hydrogens is 392 g/mol. The van der Waals surface area contributed by atoms with Crippen molar-refractivity contribution in [1.82, 2.24) is 0 Å². The Morgan fingerprint density at radius 2 is 1.47 bits per heavy atom. The molecule has 0 aromatic heterocycles. The van der Waals surface area contributed by atoms with Crippen LogP contribution in [0.25, 0.3) is 10.8 Å². The number of aliphatic hydroxyl groups excluding tert-OH is 2. The van der Waals surface area contributed by atoms with E-state index in [0.717, 1.165) is 22.9 Å². The van der Waals surface area contributed by atoms with Crippen LogP contribution in [0.15, 0.2) is 61.7 Å². The minimum absolute atomic E-state index is 0.0480. The van der Waals surface area contributed by atoms with E-state index in [1.807, 2.05) is 24.3 Å². The molecule has 0 aliphatic carbocycles. The number of aliphatic hydroxyl groups is 2. The van der Waals surface area contributed by atoms with Crippen LogP contribution in [0.1, 0.15) is 0 Å². The first kappa shape index (κ1) is 22.9. The van der Waals surface area contributed by atoms with Gasteiger partial charge in [0.25, 0.3) is 0 Å². The lowest BCUT2D eigenvalue weighted by Gasteiger charge is -2.18. The van der Waals surface area contributed by atoms with Crippen LogP contribution in [0.4, 0.5) is 0 Å². The first-order chi connectivity index (χ1) is 14.5. The first-order valence-electron chi connectivity index (χ1n) is 9.17. The summed E-state index contributed by atoms with van der Waals surface area (Å²) in [6, 6.07) is 10.6. The molecule has 0 saturated carbocycles. The number of rotatable bonds is 12. The Labute approximate surface area is 173 Å². The predicted octanol–water partition coefficient (Wildman–Crippen LogP) is 1.78. The van der Waals surface area contributed by atoms with Crippen molar-refractivity contribution in [3.05, 3.63) is 61.7 Å². The summed E-state index contributed by atoms with van der Waals surface area (Å²) >= 11 is 0. The quantitative estimate of drug-likeness (QED) is 0.398. The molecule has 2 atom stereocenters. The third-order valence-electron chi connectivity index (χ3n) is 3.94. The lowest BCUT2D eigenvalue weighted by atomic mass is 10.1. The number of fused-ring (bicyclic) bond motifs is 1. The van der Waals surface area contributed by atoms with Gasteiger partial charge in [-0.25, -0.2) is 9.59 Å². The van der Waals surface area contributed by atoms with Gasteiger partial charge in [-0.3, -0.25) is 0 Å². The maximum atomic E-state index is 11.3. The fraction of sp³-hybridized carbons (Fsp3) is 0.273. The highest BCUT2D eigenvalue weighted by atomic mass is 16.6. The second-order valence-electron chi connectivity index (χ2n) is 6.16. The zero-order valence-corrected chi connectivity index (χ0v) is 16.4. The molecule has 2 unspecified atom stereocenters. The van der Waals surface area contributed by atoms with E-state index in [4.69, 9.17) is 18.9 Å². The van der Waals surface area contributed by atoms with Crippen LogP contribution in [-0.2, 0) is 19.1 Å². The van der Waals surface area contributed by atoms with E-state index in [1.54, 1.807) is 12.1 Å². The molecule has 8 heteroatoms. The monoisotopic (exact) mass is 416 g/mol. The van der Waals surface area contributed by atoms with E-state index in [0.29, 0.717) is 11.5 Å². The first-order valence-corrected chi connectivity index (χ1v) is 9.17. The molecule has 8 nitrogen and oxygen atoms in total. The molecule has 2 aromatic carbocycles. The van der Waals surface area contributed by atoms with Gasteiger partial charge in [-0.2, -0.15) is 0 Å². The molecule has 2 N–H and O–H groups in total. The van der Waals surface area contributed by atoms with Gasteiger partial charge in [-0.15, -0.1) is 0 Å². The molecule has 160 valence electrons. The van der Waals surface area contributed by atoms with Gasteiger partial charge in [0.2, 0.25) is 0 Å². The third kappa shape index (κ3) is 6.61. The third-order valence-corrected chi connectivity index (χ3v) is 3.94. The Balaban J connectivity index is 2.07. The van der Waals surface area contributed by atoms with Gasteiger partial charge in [0, 0.05) is 22.9 Å². The zero-order valence-electron chi connectivity index (χ0n) is 16.4. The Hall–Kier alpha value is -3.36. The number of hydrogen-bond donors (Lipinski definition) is 2. The van der Waals surface area contributed by atoms with Crippen molar-refractivity contribution in [2.75, 3.05) is 26.4 Å². The van der Waals surface area contributed by atoms with Gasteiger partial charge in [-0.1, -0.05) is 37.4 Å². The summed E-state index contributed by atoms with van der Waals surface area (Å²) in [5.74, 6) is -0.264. The number of esters is 2. The largest absolute Gasteiger partial charge is 0.490 e. The van der Waals surface area contributed by atoms with E-state index in [-0.39, 0.29) is 19.8 Å². The Morgan fingerprint density at radius 3 is 2.00 bits per heavy atom. The van der Waals surface area contributed by atoms with E-state index >= 15 is 0 Å². The summed E-state index contributed by atoms with van der Waals surface area (Å²) in [7, 11) is 0. The molecular formula is C22H24O8. The molecule has 0 fully saturated rings. The van der Waals surface area contributed by atoms with Gasteiger partial charge in [-0.05, 0) is 12.1 Å². The fourth-order valence-corrected chi connectivity index (χ4v) is 2.49. The minimum Gasteiger partial charge on any atom is -0.490 e. The maximum Gasteiger partial charge on any atom is 0.330 e. The fourth-order valence-electron chi connectivity index (χ4n) is 2.49. The van der Waals surface area contributed by atoms with Crippen LogP contribution in [0.5, 0.6) is 11.5 Å². The normalized spacial score (nSPS) is 12.5. The van der Waals surface area contributed by atoms with Gasteiger partial charge in [0.1, 0.15) is 37.4 Å². The Kier molecular flexibility index (Phi) is 8.86. The lowest BCUT2D eigenvalue weighted by molar-refractivity contribution is -0.146. The molecule has 0 radical (unpaired) electrons. The van der Waals surface area contributed by atoms with E-state index in [9.17, 15) is 19.8 Å². The standard InChI is InChI=1S/C22H24O8/c1-3-21(25)29-13-15(24)12-27-19-9-10-20(18-8-6-5-7-17(18)19)28-14-16(11-23)30-22(26)4-2/h3-10,15-16,23-24H,1-2,11-14H2. The van der Waals surface area contributed by atoms with Crippen molar-refractivity contribution in [3.8, 4) is 11.5 Å². The van der Waals surface area contributed by atoms with Crippen LogP contribution in [0.3, 0.4) is 0 Å². The highest BCUT2D eigenvalue weighted by molar-refractivity contribution is 5.93. The van der Waals surface area contributed by atoms with Gasteiger partial charge in [0.05, 0.1) is 6.61 Å². The number of benzene rings is 2. The van der Waals surface area contributed by atoms with Crippen molar-refractivity contribution < 1.29 is 38.7 Å². The summed E-state index contributed by atoms with van der Waals surface area (Å²) in [6.07, 6.45) is 0.184. The Morgan fingerprint density at radius 1 is 0.900 bits per heavy atom. The van der Waals surface area contributed by atoms with Crippen molar-refractivity contribution in [1.29, 1.82) is 0 Å². The van der Waals surface area contributed by atoms with Crippen LogP contribution in [-0.4, -0.2) is 60.8 Å². The molecule has 0 heterocycles. The van der Waals surface area contributed by atoms with Gasteiger partial charge in [0.15, 0.2) is 6.10 Å². The highest BCUT2D eigenvalue weighted by Gasteiger charge is 2.15. The van der Waals surface area contributed by atoms with Crippen LogP contribution < -0.4 is 9.47 Å². The topological polar surface area (TPSA) is 112 Å². The number of ether oxygens (including phenoxy) is 4. The molecule has 0 spiro atoms. The second-order valence-corrected chi connectivity index (χ2v) is 6.16. The molecule has 0 amide bonds. The van der Waals surface area contributed by atoms with E-state index < -0.39 is 30.8 Å². The van der Waals surface area contributed by atoms with Crippen molar-refractivity contribution >= 4 is 22.7 Å². The number of hydrogen-bond acceptors (Lipinski definition) is 8. The van der Waals surface area contributed by atoms with Crippen LogP contribution in [0, 0.1) is 0 Å². The number of carbonyl (C=O) groups excluding carboxylic acids is 2. The molecule has 30 heavy (non-hydrogen) atoms. The predicted molar refractivity (Wildman–Crippen MR) is 109 cm³/mol. The zero-order chi connectivity index (χ0) is 21.9. The second kappa shape index (κ2) is 11.6. The number of carbonyl (C=O) groups is 2. The van der Waals surface area contributed by atoms with Crippen molar-refractivity contribution in [2.24, 2.45) is 0 Å². The minimum atomic E-state index is -1.01. The average molecular weight is 416 g/mol. The summed E-state index contributed by atoms with van der Waals surface area (Å²) in [6.45, 7) is 5.86. The summed E-state index contributed by atoms with van der Waals surface area (Å²) in [5.41, 5.74) is 0. The molecule has 2 rings (SSSR count).